The summed E-state index contributed by atoms with van der Waals surface area (Å²) in [6.45, 7) is 2.03. The summed E-state index contributed by atoms with van der Waals surface area (Å²) in [5.74, 6) is 0. The van der Waals surface area contributed by atoms with Crippen molar-refractivity contribution in [3.8, 4) is 11.1 Å². The van der Waals surface area contributed by atoms with Gasteiger partial charge in [0.05, 0.1) is 0 Å². The molecule has 2 aromatic rings. The molecule has 2 nitrogen and oxygen atoms in total. The van der Waals surface area contributed by atoms with Crippen LogP contribution in [0.4, 0.5) is 0 Å². The molecular formula is C16H14BrNO. The van der Waals surface area contributed by atoms with Gasteiger partial charge in [-0.1, -0.05) is 54.6 Å². The lowest BCUT2D eigenvalue weighted by molar-refractivity contribution is -0.0288. The van der Waals surface area contributed by atoms with Crippen LogP contribution in [-0.4, -0.2) is 0 Å². The predicted molar refractivity (Wildman–Crippen MR) is 80.5 cm³/mol. The Morgan fingerprint density at radius 3 is 2.16 bits per heavy atom. The first kappa shape index (κ1) is 12.5. The first-order valence-corrected chi connectivity index (χ1v) is 6.95. The number of rotatable bonds is 2. The first-order chi connectivity index (χ1) is 9.17. The molecule has 0 amide bonds. The highest BCUT2D eigenvalue weighted by Crippen LogP contribution is 2.33. The van der Waals surface area contributed by atoms with Gasteiger partial charge in [0.25, 0.3) is 0 Å². The molecule has 0 unspecified atom stereocenters. The molecule has 3 rings (SSSR count). The van der Waals surface area contributed by atoms with E-state index in [1.807, 2.05) is 19.1 Å². The number of halogens is 1. The van der Waals surface area contributed by atoms with Crippen LogP contribution in [0.2, 0.25) is 0 Å². The second-order valence-electron chi connectivity index (χ2n) is 4.75. The molecule has 0 saturated carbocycles. The van der Waals surface area contributed by atoms with Gasteiger partial charge < -0.3 is 0 Å². The third kappa shape index (κ3) is 2.44. The van der Waals surface area contributed by atoms with Gasteiger partial charge in [-0.2, -0.15) is 0 Å². The monoisotopic (exact) mass is 315 g/mol. The molecule has 3 heteroatoms. The molecule has 1 aliphatic rings. The topological polar surface area (TPSA) is 21.3 Å². The van der Waals surface area contributed by atoms with Crippen molar-refractivity contribution in [1.29, 1.82) is 0 Å². The van der Waals surface area contributed by atoms with Crippen molar-refractivity contribution in [3.63, 3.8) is 0 Å². The molecular weight excluding hydrogens is 302 g/mol. The molecule has 0 spiro atoms. The van der Waals surface area contributed by atoms with E-state index in [2.05, 4.69) is 69.9 Å². The highest BCUT2D eigenvalue weighted by Gasteiger charge is 2.31. The van der Waals surface area contributed by atoms with Crippen LogP contribution >= 0.6 is 15.9 Å². The number of benzene rings is 2. The lowest BCUT2D eigenvalue weighted by Gasteiger charge is -2.20. The molecule has 1 atom stereocenters. The van der Waals surface area contributed by atoms with E-state index in [1.54, 1.807) is 0 Å². The summed E-state index contributed by atoms with van der Waals surface area (Å²) >= 11 is 3.39. The van der Waals surface area contributed by atoms with E-state index in [-0.39, 0.29) is 0 Å². The third-order valence-electron chi connectivity index (χ3n) is 3.33. The maximum atomic E-state index is 5.59. The summed E-state index contributed by atoms with van der Waals surface area (Å²) in [5, 5.41) is 0. The summed E-state index contributed by atoms with van der Waals surface area (Å²) < 4.78 is 0.863. The maximum Gasteiger partial charge on any atom is 0.139 e. The Kier molecular flexibility index (Phi) is 3.17. The van der Waals surface area contributed by atoms with Gasteiger partial charge in [0, 0.05) is 0 Å². The van der Waals surface area contributed by atoms with E-state index < -0.39 is 5.60 Å². The average Bonchev–Trinajstić information content (AvgIpc) is 2.81. The Morgan fingerprint density at radius 2 is 1.58 bits per heavy atom. The number of nitrogens with one attached hydrogen (secondary N) is 1. The smallest absolute Gasteiger partial charge is 0.139 e. The Bertz CT molecular complexity index is 606. The van der Waals surface area contributed by atoms with Gasteiger partial charge >= 0.3 is 0 Å². The molecule has 1 heterocycles. The van der Waals surface area contributed by atoms with E-state index in [0.29, 0.717) is 0 Å². The van der Waals surface area contributed by atoms with Crippen LogP contribution in [0.1, 0.15) is 12.5 Å². The molecule has 0 radical (unpaired) electrons. The summed E-state index contributed by atoms with van der Waals surface area (Å²) in [6, 6.07) is 18.8. The summed E-state index contributed by atoms with van der Waals surface area (Å²) in [6.07, 6.45) is 2.02. The molecule has 1 aliphatic heterocycles. The Labute approximate surface area is 121 Å². The van der Waals surface area contributed by atoms with Gasteiger partial charge in [-0.3, -0.25) is 10.3 Å². The van der Waals surface area contributed by atoms with Crippen LogP contribution in [0, 0.1) is 0 Å². The fourth-order valence-corrected chi connectivity index (χ4v) is 2.74. The van der Waals surface area contributed by atoms with Crippen molar-refractivity contribution in [1.82, 2.24) is 5.48 Å². The minimum absolute atomic E-state index is 0.423. The van der Waals surface area contributed by atoms with Crippen LogP contribution in [-0.2, 0) is 10.4 Å². The Hall–Kier alpha value is -1.58. The lowest BCUT2D eigenvalue weighted by Crippen LogP contribution is -2.22. The summed E-state index contributed by atoms with van der Waals surface area (Å²) in [5.41, 5.74) is 5.96. The largest absolute Gasteiger partial charge is 0.260 e. The highest BCUT2D eigenvalue weighted by atomic mass is 79.9. The summed E-state index contributed by atoms with van der Waals surface area (Å²) in [4.78, 5) is 5.59. The van der Waals surface area contributed by atoms with Crippen LogP contribution in [0.15, 0.2) is 65.3 Å². The average molecular weight is 316 g/mol. The van der Waals surface area contributed by atoms with Gasteiger partial charge in [-0.15, -0.1) is 0 Å². The van der Waals surface area contributed by atoms with Gasteiger partial charge in [-0.25, -0.2) is 0 Å². The molecule has 0 aliphatic carbocycles. The molecule has 96 valence electrons. The Morgan fingerprint density at radius 1 is 0.947 bits per heavy atom. The van der Waals surface area contributed by atoms with Crippen LogP contribution in [0.25, 0.3) is 11.1 Å². The minimum atomic E-state index is -0.423. The van der Waals surface area contributed by atoms with E-state index >= 15 is 0 Å². The van der Waals surface area contributed by atoms with Gasteiger partial charge in [0.15, 0.2) is 0 Å². The van der Waals surface area contributed by atoms with E-state index in [9.17, 15) is 0 Å². The highest BCUT2D eigenvalue weighted by molar-refractivity contribution is 9.11. The SMILES string of the molecule is C[C@]1(c2ccc(-c3ccccc3)cc2)C=C(Br)NO1. The zero-order valence-corrected chi connectivity index (χ0v) is 12.1. The fourth-order valence-electron chi connectivity index (χ4n) is 2.22. The lowest BCUT2D eigenvalue weighted by atomic mass is 9.94. The summed E-state index contributed by atoms with van der Waals surface area (Å²) in [7, 11) is 0. The molecule has 2 aromatic carbocycles. The van der Waals surface area contributed by atoms with Crippen molar-refractivity contribution < 1.29 is 4.84 Å². The van der Waals surface area contributed by atoms with Gasteiger partial charge in [0.2, 0.25) is 0 Å². The van der Waals surface area contributed by atoms with Gasteiger partial charge in [-0.05, 0) is 45.6 Å². The van der Waals surface area contributed by atoms with Crippen molar-refractivity contribution >= 4 is 15.9 Å². The fraction of sp³-hybridized carbons (Fsp3) is 0.125. The van der Waals surface area contributed by atoms with Crippen LogP contribution < -0.4 is 5.48 Å². The molecule has 0 aromatic heterocycles. The second kappa shape index (κ2) is 4.83. The molecule has 19 heavy (non-hydrogen) atoms. The molecule has 1 N–H and O–H groups in total. The standard InChI is InChI=1S/C16H14BrNO/c1-16(11-15(17)18-19-16)14-9-7-13(8-10-14)12-5-3-2-4-6-12/h2-11,18H,1H3/t16-/m1/s1. The third-order valence-corrected chi connectivity index (χ3v) is 3.72. The number of hydrogen-bond acceptors (Lipinski definition) is 2. The zero-order chi connectivity index (χ0) is 13.3. The van der Waals surface area contributed by atoms with Crippen LogP contribution in [0.5, 0.6) is 0 Å². The van der Waals surface area contributed by atoms with E-state index in [1.165, 1.54) is 11.1 Å². The van der Waals surface area contributed by atoms with Gasteiger partial charge in [0.1, 0.15) is 10.2 Å². The first-order valence-electron chi connectivity index (χ1n) is 6.16. The minimum Gasteiger partial charge on any atom is -0.260 e. The molecule has 0 fully saturated rings. The molecule has 0 bridgehead atoms. The van der Waals surface area contributed by atoms with Crippen molar-refractivity contribution in [2.75, 3.05) is 0 Å². The predicted octanol–water partition coefficient (Wildman–Crippen LogP) is 4.34. The number of hydrogen-bond donors (Lipinski definition) is 1. The normalized spacial score (nSPS) is 21.9. The molecule has 0 saturated heterocycles. The zero-order valence-electron chi connectivity index (χ0n) is 10.6. The van der Waals surface area contributed by atoms with Crippen molar-refractivity contribution in [2.24, 2.45) is 0 Å². The quantitative estimate of drug-likeness (QED) is 0.832. The van der Waals surface area contributed by atoms with Crippen molar-refractivity contribution in [3.05, 3.63) is 70.8 Å². The van der Waals surface area contributed by atoms with E-state index in [0.717, 1.165) is 10.2 Å². The Balaban J connectivity index is 1.92. The maximum absolute atomic E-state index is 5.59. The second-order valence-corrected chi connectivity index (χ2v) is 5.60. The van der Waals surface area contributed by atoms with Crippen LogP contribution in [0.3, 0.4) is 0 Å². The van der Waals surface area contributed by atoms with E-state index in [4.69, 9.17) is 4.84 Å². The number of hydroxylamine groups is 1. The van der Waals surface area contributed by atoms with Crippen molar-refractivity contribution in [2.45, 2.75) is 12.5 Å².